The van der Waals surface area contributed by atoms with Gasteiger partial charge in [-0.1, -0.05) is 29.8 Å². The molecular formula is C24H29ClO8. The van der Waals surface area contributed by atoms with Gasteiger partial charge in [0.1, 0.15) is 36.3 Å². The van der Waals surface area contributed by atoms with Crippen LogP contribution in [0.5, 0.6) is 5.75 Å². The van der Waals surface area contributed by atoms with E-state index in [0.717, 1.165) is 29.9 Å². The molecule has 0 amide bonds. The van der Waals surface area contributed by atoms with E-state index in [1.807, 2.05) is 24.3 Å². The molecular weight excluding hydrogens is 452 g/mol. The molecule has 180 valence electrons. The van der Waals surface area contributed by atoms with Crippen LogP contribution in [0, 0.1) is 0 Å². The molecule has 2 heterocycles. The van der Waals surface area contributed by atoms with Crippen molar-refractivity contribution in [1.82, 2.24) is 0 Å². The average molecular weight is 481 g/mol. The smallest absolute Gasteiger partial charge is 0.224 e. The summed E-state index contributed by atoms with van der Waals surface area (Å²) >= 11 is 6.45. The summed E-state index contributed by atoms with van der Waals surface area (Å²) in [4.78, 5) is 0. The molecule has 0 aliphatic carbocycles. The fourth-order valence-electron chi connectivity index (χ4n) is 4.31. The molecule has 33 heavy (non-hydrogen) atoms. The number of benzene rings is 2. The zero-order chi connectivity index (χ0) is 23.6. The highest BCUT2D eigenvalue weighted by Crippen LogP contribution is 2.42. The van der Waals surface area contributed by atoms with Crippen molar-refractivity contribution in [2.75, 3.05) is 26.9 Å². The minimum atomic E-state index is -1.72. The Morgan fingerprint density at radius 1 is 1.18 bits per heavy atom. The van der Waals surface area contributed by atoms with E-state index in [2.05, 4.69) is 0 Å². The molecule has 0 radical (unpaired) electrons. The Hall–Kier alpha value is -1.75. The summed E-state index contributed by atoms with van der Waals surface area (Å²) in [5.41, 5.74) is 2.20. The highest BCUT2D eigenvalue weighted by molar-refractivity contribution is 6.31. The van der Waals surface area contributed by atoms with Crippen molar-refractivity contribution in [1.29, 1.82) is 0 Å². The fraction of sp³-hybridized carbons (Fsp3) is 0.500. The Labute approximate surface area is 197 Å². The summed E-state index contributed by atoms with van der Waals surface area (Å²) in [6.07, 6.45) is -4.08. The van der Waals surface area contributed by atoms with Crippen molar-refractivity contribution < 1.29 is 39.4 Å². The zero-order valence-electron chi connectivity index (χ0n) is 18.3. The first kappa shape index (κ1) is 24.4. The summed E-state index contributed by atoms with van der Waals surface area (Å²) in [6, 6.07) is 12.8. The Balaban J connectivity index is 1.55. The van der Waals surface area contributed by atoms with E-state index in [9.17, 15) is 20.4 Å². The SMILES string of the molecule is CO[C@]1(c2ccc(Cl)c(Cc3ccc(O[C@H]4CCOC4)cc3)c2)O[C@H]([C@H](O)CO)[C@H](O)[C@H]1O. The third kappa shape index (κ3) is 4.89. The molecule has 2 aliphatic rings. The van der Waals surface area contributed by atoms with Crippen molar-refractivity contribution in [3.05, 3.63) is 64.2 Å². The number of methoxy groups -OCH3 is 1. The van der Waals surface area contributed by atoms with E-state index in [1.54, 1.807) is 18.2 Å². The van der Waals surface area contributed by atoms with Crippen molar-refractivity contribution in [2.24, 2.45) is 0 Å². The standard InChI is InChI=1S/C24H29ClO8/c1-30-24(23(29)21(28)22(33-24)20(27)12-26)16-4-7-19(25)15(11-16)10-14-2-5-17(6-3-14)32-18-8-9-31-13-18/h2-7,11,18,20-23,26-29H,8-10,12-13H2,1H3/t18-,20+,21-,22+,23+,24+/m0/s1. The zero-order valence-corrected chi connectivity index (χ0v) is 19.0. The molecule has 2 saturated heterocycles. The van der Waals surface area contributed by atoms with Crippen LogP contribution < -0.4 is 4.74 Å². The van der Waals surface area contributed by atoms with Gasteiger partial charge in [0.15, 0.2) is 0 Å². The molecule has 0 saturated carbocycles. The van der Waals surface area contributed by atoms with Crippen LogP contribution in [-0.2, 0) is 26.4 Å². The van der Waals surface area contributed by atoms with Gasteiger partial charge in [0.2, 0.25) is 5.79 Å². The number of aliphatic hydroxyl groups excluding tert-OH is 4. The molecule has 2 fully saturated rings. The molecule has 4 N–H and O–H groups in total. The Morgan fingerprint density at radius 3 is 2.58 bits per heavy atom. The first-order valence-corrected chi connectivity index (χ1v) is 11.3. The highest BCUT2D eigenvalue weighted by atomic mass is 35.5. The third-order valence-corrected chi connectivity index (χ3v) is 6.56. The van der Waals surface area contributed by atoms with Crippen LogP contribution in [0.2, 0.25) is 5.02 Å². The monoisotopic (exact) mass is 480 g/mol. The summed E-state index contributed by atoms with van der Waals surface area (Å²) in [5.74, 6) is -0.946. The topological polar surface area (TPSA) is 118 Å². The summed E-state index contributed by atoms with van der Waals surface area (Å²) in [7, 11) is 1.34. The van der Waals surface area contributed by atoms with Crippen LogP contribution in [0.3, 0.4) is 0 Å². The van der Waals surface area contributed by atoms with Crippen molar-refractivity contribution in [3.8, 4) is 5.75 Å². The number of halogens is 1. The van der Waals surface area contributed by atoms with Gasteiger partial charge >= 0.3 is 0 Å². The number of rotatable bonds is 8. The molecule has 2 aromatic carbocycles. The molecule has 0 bridgehead atoms. The molecule has 9 heteroatoms. The van der Waals surface area contributed by atoms with Crippen LogP contribution in [0.4, 0.5) is 0 Å². The molecule has 4 rings (SSSR count). The van der Waals surface area contributed by atoms with Gasteiger partial charge in [-0.25, -0.2) is 0 Å². The van der Waals surface area contributed by atoms with Gasteiger partial charge in [-0.05, 0) is 41.8 Å². The van der Waals surface area contributed by atoms with Crippen LogP contribution in [0.1, 0.15) is 23.1 Å². The van der Waals surface area contributed by atoms with Gasteiger partial charge in [0.05, 0.1) is 19.8 Å². The van der Waals surface area contributed by atoms with E-state index in [4.69, 9.17) is 30.5 Å². The highest BCUT2D eigenvalue weighted by Gasteiger charge is 2.57. The van der Waals surface area contributed by atoms with Gasteiger partial charge < -0.3 is 39.4 Å². The van der Waals surface area contributed by atoms with Gasteiger partial charge in [0, 0.05) is 24.1 Å². The lowest BCUT2D eigenvalue weighted by atomic mass is 9.94. The van der Waals surface area contributed by atoms with Gasteiger partial charge in [0.25, 0.3) is 0 Å². The lowest BCUT2D eigenvalue weighted by Gasteiger charge is -2.31. The second-order valence-electron chi connectivity index (χ2n) is 8.37. The summed E-state index contributed by atoms with van der Waals surface area (Å²) in [5, 5.41) is 40.9. The first-order valence-electron chi connectivity index (χ1n) is 10.9. The van der Waals surface area contributed by atoms with E-state index in [1.165, 1.54) is 7.11 Å². The maximum absolute atomic E-state index is 10.7. The molecule has 2 aromatic rings. The first-order chi connectivity index (χ1) is 15.9. The van der Waals surface area contributed by atoms with Crippen molar-refractivity contribution in [2.45, 2.75) is 49.1 Å². The number of hydrogen-bond donors (Lipinski definition) is 4. The fourth-order valence-corrected chi connectivity index (χ4v) is 4.50. The largest absolute Gasteiger partial charge is 0.488 e. The van der Waals surface area contributed by atoms with Gasteiger partial charge in [-0.3, -0.25) is 0 Å². The van der Waals surface area contributed by atoms with E-state index >= 15 is 0 Å². The number of hydrogen-bond acceptors (Lipinski definition) is 8. The minimum Gasteiger partial charge on any atom is -0.488 e. The molecule has 2 aliphatic heterocycles. The quantitative estimate of drug-likeness (QED) is 0.447. The van der Waals surface area contributed by atoms with Crippen LogP contribution in [0.15, 0.2) is 42.5 Å². The average Bonchev–Trinajstić information content (AvgIpc) is 3.43. The van der Waals surface area contributed by atoms with Crippen molar-refractivity contribution >= 4 is 11.6 Å². The second kappa shape index (κ2) is 10.2. The predicted molar refractivity (Wildman–Crippen MR) is 119 cm³/mol. The van der Waals surface area contributed by atoms with Crippen LogP contribution in [0.25, 0.3) is 0 Å². The van der Waals surface area contributed by atoms with Crippen LogP contribution in [-0.4, -0.2) is 77.9 Å². The summed E-state index contributed by atoms with van der Waals surface area (Å²) in [6.45, 7) is 0.688. The molecule has 0 aromatic heterocycles. The Kier molecular flexibility index (Phi) is 7.57. The second-order valence-corrected chi connectivity index (χ2v) is 8.78. The lowest BCUT2D eigenvalue weighted by Crippen LogP contribution is -2.43. The minimum absolute atomic E-state index is 0.0774. The van der Waals surface area contributed by atoms with Gasteiger partial charge in [-0.2, -0.15) is 0 Å². The van der Waals surface area contributed by atoms with Crippen LogP contribution >= 0.6 is 11.6 Å². The molecule has 0 spiro atoms. The van der Waals surface area contributed by atoms with E-state index in [0.29, 0.717) is 23.6 Å². The maximum atomic E-state index is 10.7. The normalized spacial score (nSPS) is 30.5. The Bertz CT molecular complexity index is 933. The maximum Gasteiger partial charge on any atom is 0.224 e. The lowest BCUT2D eigenvalue weighted by molar-refractivity contribution is -0.263. The number of aliphatic hydroxyl groups is 4. The van der Waals surface area contributed by atoms with Gasteiger partial charge in [-0.15, -0.1) is 0 Å². The predicted octanol–water partition coefficient (Wildman–Crippen LogP) is 1.37. The van der Waals surface area contributed by atoms with E-state index < -0.39 is 36.8 Å². The molecule has 0 unspecified atom stereocenters. The molecule has 8 nitrogen and oxygen atoms in total. The third-order valence-electron chi connectivity index (χ3n) is 6.19. The Morgan fingerprint density at radius 2 is 1.94 bits per heavy atom. The molecule has 6 atom stereocenters. The van der Waals surface area contributed by atoms with Crippen molar-refractivity contribution in [3.63, 3.8) is 0 Å². The summed E-state index contributed by atoms with van der Waals surface area (Å²) < 4.78 is 22.5. The van der Waals surface area contributed by atoms with E-state index in [-0.39, 0.29) is 6.10 Å². The number of ether oxygens (including phenoxy) is 4.